The summed E-state index contributed by atoms with van der Waals surface area (Å²) in [4.78, 5) is 22.5. The van der Waals surface area contributed by atoms with Crippen LogP contribution < -0.4 is 16.2 Å². The van der Waals surface area contributed by atoms with Gasteiger partial charge in [0.2, 0.25) is 0 Å². The molecule has 2 rings (SSSR count). The standard InChI is InChI=1S/C10H15N5O.HI/c1-6-3-12-10(14-6)13-5-8-4-11-7(2)15-9(8)16;/h4,6H,3,5H2,1-2H3,(H,11,15,16)(H2,12,13,14);1H. The zero-order valence-corrected chi connectivity index (χ0v) is 12.1. The minimum absolute atomic E-state index is 0. The van der Waals surface area contributed by atoms with Gasteiger partial charge in [0.05, 0.1) is 12.1 Å². The molecule has 94 valence electrons. The number of hydrogen-bond acceptors (Lipinski definition) is 5. The van der Waals surface area contributed by atoms with E-state index in [0.717, 1.165) is 12.5 Å². The van der Waals surface area contributed by atoms with E-state index < -0.39 is 0 Å². The molecule has 0 saturated heterocycles. The van der Waals surface area contributed by atoms with Crippen LogP contribution in [0.5, 0.6) is 0 Å². The summed E-state index contributed by atoms with van der Waals surface area (Å²) in [5.74, 6) is 1.37. The second-order valence-corrected chi connectivity index (χ2v) is 3.91. The summed E-state index contributed by atoms with van der Waals surface area (Å²) in [6.07, 6.45) is 1.58. The minimum atomic E-state index is -0.105. The predicted octanol–water partition coefficient (Wildman–Crippen LogP) is 0.134. The summed E-state index contributed by atoms with van der Waals surface area (Å²) in [7, 11) is 0. The van der Waals surface area contributed by atoms with E-state index in [4.69, 9.17) is 0 Å². The van der Waals surface area contributed by atoms with E-state index in [0.29, 0.717) is 24.0 Å². The fourth-order valence-electron chi connectivity index (χ4n) is 1.47. The van der Waals surface area contributed by atoms with E-state index in [9.17, 15) is 4.79 Å². The smallest absolute Gasteiger partial charge is 0.255 e. The van der Waals surface area contributed by atoms with Crippen molar-refractivity contribution in [2.24, 2.45) is 4.99 Å². The molecule has 1 aliphatic rings. The molecular formula is C10H16IN5O. The molecule has 0 spiro atoms. The Hall–Kier alpha value is -1.12. The number of aryl methyl sites for hydroxylation is 1. The van der Waals surface area contributed by atoms with E-state index in [-0.39, 0.29) is 29.5 Å². The van der Waals surface area contributed by atoms with Gasteiger partial charge in [-0.05, 0) is 13.8 Å². The zero-order valence-electron chi connectivity index (χ0n) is 9.78. The third kappa shape index (κ3) is 3.69. The van der Waals surface area contributed by atoms with Crippen molar-refractivity contribution in [3.63, 3.8) is 0 Å². The molecule has 1 aromatic heterocycles. The summed E-state index contributed by atoms with van der Waals surface area (Å²) in [5.41, 5.74) is 0.501. The summed E-state index contributed by atoms with van der Waals surface area (Å²) < 4.78 is 0. The number of rotatable bonds is 2. The van der Waals surface area contributed by atoms with Crippen LogP contribution in [-0.4, -0.2) is 28.5 Å². The van der Waals surface area contributed by atoms with Crippen LogP contribution in [0.15, 0.2) is 16.0 Å². The van der Waals surface area contributed by atoms with Crippen LogP contribution in [0, 0.1) is 6.92 Å². The van der Waals surface area contributed by atoms with Crippen LogP contribution >= 0.6 is 24.0 Å². The highest BCUT2D eigenvalue weighted by atomic mass is 127. The lowest BCUT2D eigenvalue weighted by molar-refractivity contribution is 0.712. The van der Waals surface area contributed by atoms with Crippen molar-refractivity contribution in [3.8, 4) is 0 Å². The van der Waals surface area contributed by atoms with E-state index in [1.807, 2.05) is 0 Å². The number of hydrogen-bond donors (Lipinski definition) is 3. The van der Waals surface area contributed by atoms with Gasteiger partial charge in [-0.2, -0.15) is 0 Å². The monoisotopic (exact) mass is 349 g/mol. The highest BCUT2D eigenvalue weighted by Crippen LogP contribution is 1.94. The highest BCUT2D eigenvalue weighted by Gasteiger charge is 2.12. The van der Waals surface area contributed by atoms with E-state index in [1.54, 1.807) is 13.1 Å². The molecule has 0 radical (unpaired) electrons. The predicted molar refractivity (Wildman–Crippen MR) is 76.7 cm³/mol. The quantitative estimate of drug-likeness (QED) is 0.663. The summed E-state index contributed by atoms with van der Waals surface area (Å²) >= 11 is 0. The van der Waals surface area contributed by atoms with Gasteiger partial charge in [-0.3, -0.25) is 9.79 Å². The van der Waals surface area contributed by atoms with Crippen molar-refractivity contribution in [3.05, 3.63) is 27.9 Å². The third-order valence-corrected chi connectivity index (χ3v) is 2.35. The molecule has 1 aromatic rings. The first-order chi connectivity index (χ1) is 7.65. The van der Waals surface area contributed by atoms with Crippen molar-refractivity contribution in [1.29, 1.82) is 0 Å². The maximum Gasteiger partial charge on any atom is 0.255 e. The largest absolute Gasteiger partial charge is 0.352 e. The Kier molecular flexibility index (Phi) is 4.91. The second kappa shape index (κ2) is 5.99. The Morgan fingerprint density at radius 2 is 2.35 bits per heavy atom. The van der Waals surface area contributed by atoms with Crippen molar-refractivity contribution in [2.45, 2.75) is 26.4 Å². The van der Waals surface area contributed by atoms with Gasteiger partial charge in [-0.1, -0.05) is 0 Å². The highest BCUT2D eigenvalue weighted by molar-refractivity contribution is 14.0. The molecule has 1 unspecified atom stereocenters. The molecule has 0 fully saturated rings. The first-order valence-corrected chi connectivity index (χ1v) is 5.25. The molecule has 0 aliphatic carbocycles. The Bertz CT molecular complexity index is 470. The Morgan fingerprint density at radius 1 is 1.59 bits per heavy atom. The van der Waals surface area contributed by atoms with Crippen molar-refractivity contribution in [1.82, 2.24) is 20.6 Å². The minimum Gasteiger partial charge on any atom is -0.352 e. The lowest BCUT2D eigenvalue weighted by atomic mass is 10.3. The maximum atomic E-state index is 11.5. The van der Waals surface area contributed by atoms with Crippen LogP contribution in [0.3, 0.4) is 0 Å². The molecule has 1 aliphatic heterocycles. The van der Waals surface area contributed by atoms with Gasteiger partial charge >= 0.3 is 0 Å². The molecule has 0 bridgehead atoms. The SMILES string of the molecule is Cc1ncc(CNC2=NCC(C)N2)c(=O)[nH]1.I. The van der Waals surface area contributed by atoms with Gasteiger partial charge in [-0.15, -0.1) is 24.0 Å². The second-order valence-electron chi connectivity index (χ2n) is 3.91. The van der Waals surface area contributed by atoms with E-state index in [1.165, 1.54) is 0 Å². The molecule has 0 aromatic carbocycles. The van der Waals surface area contributed by atoms with Crippen LogP contribution in [0.1, 0.15) is 18.3 Å². The number of halogens is 1. The zero-order chi connectivity index (χ0) is 11.5. The number of aliphatic imine (C=N–C) groups is 1. The fourth-order valence-corrected chi connectivity index (χ4v) is 1.47. The maximum absolute atomic E-state index is 11.5. The molecule has 17 heavy (non-hydrogen) atoms. The van der Waals surface area contributed by atoms with Crippen molar-refractivity contribution >= 4 is 29.9 Å². The number of aromatic amines is 1. The number of guanidine groups is 1. The van der Waals surface area contributed by atoms with Gasteiger partial charge in [0.25, 0.3) is 5.56 Å². The summed E-state index contributed by atoms with van der Waals surface area (Å²) in [6, 6.07) is 0.358. The molecule has 7 heteroatoms. The van der Waals surface area contributed by atoms with Gasteiger partial charge < -0.3 is 15.6 Å². The average Bonchev–Trinajstić information content (AvgIpc) is 2.63. The van der Waals surface area contributed by atoms with Crippen LogP contribution in [0.25, 0.3) is 0 Å². The van der Waals surface area contributed by atoms with E-state index >= 15 is 0 Å². The first kappa shape index (κ1) is 13.9. The summed E-state index contributed by atoms with van der Waals surface area (Å²) in [6.45, 7) is 5.01. The topological polar surface area (TPSA) is 82.2 Å². The van der Waals surface area contributed by atoms with Crippen molar-refractivity contribution < 1.29 is 0 Å². The molecule has 0 saturated carbocycles. The number of H-pyrrole nitrogens is 1. The van der Waals surface area contributed by atoms with Gasteiger partial charge in [0.15, 0.2) is 5.96 Å². The van der Waals surface area contributed by atoms with Crippen molar-refractivity contribution in [2.75, 3.05) is 6.54 Å². The Morgan fingerprint density at radius 3 is 2.94 bits per heavy atom. The molecule has 3 N–H and O–H groups in total. The first-order valence-electron chi connectivity index (χ1n) is 5.25. The van der Waals surface area contributed by atoms with Gasteiger partial charge in [-0.25, -0.2) is 4.98 Å². The number of nitrogens with zero attached hydrogens (tertiary/aromatic N) is 2. The van der Waals surface area contributed by atoms with Crippen LogP contribution in [0.4, 0.5) is 0 Å². The van der Waals surface area contributed by atoms with Crippen LogP contribution in [-0.2, 0) is 6.54 Å². The molecule has 0 amide bonds. The lowest BCUT2D eigenvalue weighted by Gasteiger charge is -2.08. The molecule has 2 heterocycles. The van der Waals surface area contributed by atoms with E-state index in [2.05, 4.69) is 32.5 Å². The molecule has 6 nitrogen and oxygen atoms in total. The normalized spacial score (nSPS) is 18.0. The van der Waals surface area contributed by atoms with Gasteiger partial charge in [0.1, 0.15) is 5.82 Å². The fraction of sp³-hybridized carbons (Fsp3) is 0.500. The van der Waals surface area contributed by atoms with Gasteiger partial charge in [0, 0.05) is 18.8 Å². The number of nitrogens with one attached hydrogen (secondary N) is 3. The summed E-state index contributed by atoms with van der Waals surface area (Å²) in [5, 5.41) is 6.23. The average molecular weight is 349 g/mol. The number of aromatic nitrogens is 2. The lowest BCUT2D eigenvalue weighted by Crippen LogP contribution is -2.38. The Balaban J connectivity index is 0.00000144. The van der Waals surface area contributed by atoms with Crippen LogP contribution in [0.2, 0.25) is 0 Å². The third-order valence-electron chi connectivity index (χ3n) is 2.35. The molecule has 1 atom stereocenters. The molecular weight excluding hydrogens is 333 g/mol. The Labute approximate surface area is 116 Å².